The average Bonchev–Trinajstić information content (AvgIpc) is 2.64. The molecule has 1 heterocycles. The summed E-state index contributed by atoms with van der Waals surface area (Å²) in [5, 5.41) is 0.125. The number of ketones is 1. The maximum Gasteiger partial charge on any atom is 0.131 e. The minimum absolute atomic E-state index is 0.125. The summed E-state index contributed by atoms with van der Waals surface area (Å²) in [6.07, 6.45) is 3.99. The Bertz CT molecular complexity index is 290. The summed E-state index contributed by atoms with van der Waals surface area (Å²) in [6, 6.07) is 3.75. The Morgan fingerprint density at radius 1 is 1.79 bits per heavy atom. The molecule has 76 valence electrons. The molecule has 0 bridgehead atoms. The van der Waals surface area contributed by atoms with E-state index in [0.29, 0.717) is 6.42 Å². The first-order chi connectivity index (χ1) is 6.74. The summed E-state index contributed by atoms with van der Waals surface area (Å²) < 4.78 is 5.29. The number of furan rings is 1. The summed E-state index contributed by atoms with van der Waals surface area (Å²) in [5.41, 5.74) is 0. The minimum atomic E-state index is 0.125. The van der Waals surface area contributed by atoms with Crippen LogP contribution in [0.25, 0.3) is 0 Å². The van der Waals surface area contributed by atoms with E-state index in [0.717, 1.165) is 11.5 Å². The minimum Gasteiger partial charge on any atom is -0.468 e. The predicted octanol–water partition coefficient (Wildman–Crippen LogP) is 3.22. The number of hydrogen-bond acceptors (Lipinski definition) is 3. The van der Waals surface area contributed by atoms with Crippen molar-refractivity contribution in [2.45, 2.75) is 18.6 Å². The average molecular weight is 210 g/mol. The number of carbonyl (C=O) groups is 1. The lowest BCUT2D eigenvalue weighted by molar-refractivity contribution is -0.117. The molecule has 1 aromatic heterocycles. The number of rotatable bonds is 6. The van der Waals surface area contributed by atoms with Crippen molar-refractivity contribution in [3.8, 4) is 0 Å². The van der Waals surface area contributed by atoms with Gasteiger partial charge in [0.2, 0.25) is 0 Å². The molecule has 1 atom stereocenters. The molecule has 0 saturated carbocycles. The molecule has 0 aliphatic heterocycles. The molecule has 1 rings (SSSR count). The fraction of sp³-hybridized carbons (Fsp3) is 0.364. The zero-order valence-corrected chi connectivity index (χ0v) is 9.05. The molecule has 14 heavy (non-hydrogen) atoms. The van der Waals surface area contributed by atoms with Crippen LogP contribution in [0.4, 0.5) is 0 Å². The Morgan fingerprint density at radius 3 is 3.07 bits per heavy atom. The van der Waals surface area contributed by atoms with E-state index < -0.39 is 0 Å². The molecule has 0 fully saturated rings. The quantitative estimate of drug-likeness (QED) is 0.675. The first-order valence-electron chi connectivity index (χ1n) is 4.49. The smallest absolute Gasteiger partial charge is 0.131 e. The van der Waals surface area contributed by atoms with Crippen LogP contribution in [0.15, 0.2) is 35.5 Å². The van der Waals surface area contributed by atoms with Gasteiger partial charge in [-0.15, -0.1) is 18.3 Å². The van der Waals surface area contributed by atoms with Crippen LogP contribution >= 0.6 is 11.8 Å². The van der Waals surface area contributed by atoms with E-state index in [1.165, 1.54) is 0 Å². The van der Waals surface area contributed by atoms with Crippen molar-refractivity contribution in [3.05, 3.63) is 36.8 Å². The van der Waals surface area contributed by atoms with Crippen LogP contribution in [0.5, 0.6) is 0 Å². The summed E-state index contributed by atoms with van der Waals surface area (Å²) in [6.45, 7) is 5.26. The molecular weight excluding hydrogens is 196 g/mol. The highest BCUT2D eigenvalue weighted by Gasteiger charge is 2.16. The Morgan fingerprint density at radius 2 is 2.57 bits per heavy atom. The van der Waals surface area contributed by atoms with Gasteiger partial charge in [0.25, 0.3) is 0 Å². The molecule has 0 amide bonds. The maximum absolute atomic E-state index is 11.0. The van der Waals surface area contributed by atoms with E-state index in [1.54, 1.807) is 24.9 Å². The second-order valence-corrected chi connectivity index (χ2v) is 4.27. The first kappa shape index (κ1) is 11.1. The van der Waals surface area contributed by atoms with E-state index in [-0.39, 0.29) is 11.0 Å². The van der Waals surface area contributed by atoms with Gasteiger partial charge in [0.15, 0.2) is 0 Å². The van der Waals surface area contributed by atoms with E-state index in [2.05, 4.69) is 6.58 Å². The Kier molecular flexibility index (Phi) is 4.53. The number of thioether (sulfide) groups is 1. The molecule has 2 nitrogen and oxygen atoms in total. The fourth-order valence-corrected chi connectivity index (χ4v) is 2.18. The van der Waals surface area contributed by atoms with Crippen molar-refractivity contribution in [1.29, 1.82) is 0 Å². The molecule has 0 saturated heterocycles. The highest BCUT2D eigenvalue weighted by molar-refractivity contribution is 7.99. The Hall–Kier alpha value is -0.960. The van der Waals surface area contributed by atoms with Gasteiger partial charge in [-0.1, -0.05) is 6.08 Å². The van der Waals surface area contributed by atoms with Crippen LogP contribution in [0.1, 0.15) is 24.4 Å². The van der Waals surface area contributed by atoms with E-state index >= 15 is 0 Å². The topological polar surface area (TPSA) is 30.2 Å². The van der Waals surface area contributed by atoms with Crippen LogP contribution in [-0.4, -0.2) is 11.5 Å². The molecule has 0 radical (unpaired) electrons. The third-order valence-corrected chi connectivity index (χ3v) is 2.98. The van der Waals surface area contributed by atoms with Gasteiger partial charge in [-0.05, 0) is 19.1 Å². The lowest BCUT2D eigenvalue weighted by Crippen LogP contribution is -2.00. The van der Waals surface area contributed by atoms with Gasteiger partial charge >= 0.3 is 0 Å². The zero-order chi connectivity index (χ0) is 10.4. The Balaban J connectivity index is 2.61. The number of hydrogen-bond donors (Lipinski definition) is 0. The molecular formula is C11H14O2S. The summed E-state index contributed by atoms with van der Waals surface area (Å²) in [7, 11) is 0. The van der Waals surface area contributed by atoms with Crippen LogP contribution in [0.2, 0.25) is 0 Å². The fourth-order valence-electron chi connectivity index (χ4n) is 1.16. The predicted molar refractivity (Wildman–Crippen MR) is 59.4 cm³/mol. The van der Waals surface area contributed by atoms with Gasteiger partial charge < -0.3 is 4.42 Å². The van der Waals surface area contributed by atoms with E-state index in [4.69, 9.17) is 4.42 Å². The number of Topliss-reactive ketones (excluding diaryl/α,β-unsaturated/α-hetero) is 1. The molecule has 0 N–H and O–H groups in total. The van der Waals surface area contributed by atoms with Crippen molar-refractivity contribution in [2.24, 2.45) is 0 Å². The van der Waals surface area contributed by atoms with Crippen molar-refractivity contribution < 1.29 is 9.21 Å². The largest absolute Gasteiger partial charge is 0.468 e. The van der Waals surface area contributed by atoms with E-state index in [9.17, 15) is 4.79 Å². The van der Waals surface area contributed by atoms with Crippen LogP contribution in [-0.2, 0) is 4.79 Å². The summed E-state index contributed by atoms with van der Waals surface area (Å²) in [4.78, 5) is 11.0. The Labute approximate surface area is 88.4 Å². The second-order valence-electron chi connectivity index (χ2n) is 3.03. The van der Waals surface area contributed by atoms with Gasteiger partial charge in [0, 0.05) is 12.2 Å². The lowest BCUT2D eigenvalue weighted by Gasteiger charge is -2.10. The van der Waals surface area contributed by atoms with Crippen molar-refractivity contribution in [1.82, 2.24) is 0 Å². The summed E-state index contributed by atoms with van der Waals surface area (Å²) in [5.74, 6) is 1.88. The molecule has 0 spiro atoms. The maximum atomic E-state index is 11.0. The first-order valence-corrected chi connectivity index (χ1v) is 5.54. The molecule has 1 unspecified atom stereocenters. The van der Waals surface area contributed by atoms with E-state index in [1.807, 2.05) is 18.2 Å². The van der Waals surface area contributed by atoms with Crippen LogP contribution in [0.3, 0.4) is 0 Å². The second kappa shape index (κ2) is 5.70. The highest BCUT2D eigenvalue weighted by atomic mass is 32.2. The highest BCUT2D eigenvalue weighted by Crippen LogP contribution is 2.32. The molecule has 0 aliphatic rings. The molecule has 3 heteroatoms. The summed E-state index contributed by atoms with van der Waals surface area (Å²) >= 11 is 1.67. The van der Waals surface area contributed by atoms with Crippen molar-refractivity contribution >= 4 is 17.5 Å². The molecule has 0 aromatic carbocycles. The van der Waals surface area contributed by atoms with Gasteiger partial charge in [-0.2, -0.15) is 0 Å². The SMILES string of the molecule is C=CCSC(CC(C)=O)c1ccco1. The van der Waals surface area contributed by atoms with Gasteiger partial charge in [0.05, 0.1) is 11.5 Å². The monoisotopic (exact) mass is 210 g/mol. The zero-order valence-electron chi connectivity index (χ0n) is 8.23. The van der Waals surface area contributed by atoms with Gasteiger partial charge in [-0.25, -0.2) is 0 Å². The third kappa shape index (κ3) is 3.42. The number of carbonyl (C=O) groups excluding carboxylic acids is 1. The lowest BCUT2D eigenvalue weighted by atomic mass is 10.2. The van der Waals surface area contributed by atoms with Gasteiger partial charge in [0.1, 0.15) is 11.5 Å². The van der Waals surface area contributed by atoms with Crippen LogP contribution in [0, 0.1) is 0 Å². The van der Waals surface area contributed by atoms with Gasteiger partial charge in [-0.3, -0.25) is 4.79 Å². The van der Waals surface area contributed by atoms with Crippen molar-refractivity contribution in [2.75, 3.05) is 5.75 Å². The standard InChI is InChI=1S/C11H14O2S/c1-3-7-14-11(8-9(2)12)10-5-4-6-13-10/h3-6,11H,1,7-8H2,2H3. The third-order valence-electron chi connectivity index (χ3n) is 1.75. The van der Waals surface area contributed by atoms with Crippen molar-refractivity contribution in [3.63, 3.8) is 0 Å². The normalized spacial score (nSPS) is 12.4. The molecule has 1 aromatic rings. The van der Waals surface area contributed by atoms with Crippen LogP contribution < -0.4 is 0 Å². The molecule has 0 aliphatic carbocycles.